The summed E-state index contributed by atoms with van der Waals surface area (Å²) in [5.41, 5.74) is -1.99. The molecule has 1 amide bonds. The fraction of sp³-hybridized carbons (Fsp3) is 0.412. The number of benzene rings is 1. The van der Waals surface area contributed by atoms with Gasteiger partial charge in [-0.05, 0) is 30.9 Å². The van der Waals surface area contributed by atoms with E-state index in [1.807, 2.05) is 0 Å². The summed E-state index contributed by atoms with van der Waals surface area (Å²) in [5.74, 6) is 0.0979. The van der Waals surface area contributed by atoms with Gasteiger partial charge in [0.25, 0.3) is 5.91 Å². The van der Waals surface area contributed by atoms with Crippen LogP contribution in [0.4, 0.5) is 13.2 Å². The Kier molecular flexibility index (Phi) is 4.11. The number of H-pyrrole nitrogens is 1. The van der Waals surface area contributed by atoms with Gasteiger partial charge in [-0.2, -0.15) is 13.2 Å². The van der Waals surface area contributed by atoms with Gasteiger partial charge >= 0.3 is 6.18 Å². The summed E-state index contributed by atoms with van der Waals surface area (Å²) in [4.78, 5) is 29.1. The lowest BCUT2D eigenvalue weighted by Gasteiger charge is -2.30. The smallest absolute Gasteiger partial charge is 0.360 e. The highest BCUT2D eigenvalue weighted by molar-refractivity contribution is 5.97. The number of nitrogens with zero attached hydrogens (tertiary/aromatic N) is 1. The minimum atomic E-state index is -4.57. The molecule has 128 valence electrons. The van der Waals surface area contributed by atoms with Gasteiger partial charge in [0.1, 0.15) is 5.56 Å². The third-order valence-electron chi connectivity index (χ3n) is 4.52. The normalized spacial score (nSPS) is 16.6. The Balaban J connectivity index is 2.04. The molecule has 3 rings (SSSR count). The fourth-order valence-corrected chi connectivity index (χ4v) is 3.03. The maximum absolute atomic E-state index is 13.0. The van der Waals surface area contributed by atoms with Gasteiger partial charge in [-0.1, -0.05) is 13.0 Å². The summed E-state index contributed by atoms with van der Waals surface area (Å²) in [5, 5.41) is -0.124. The summed E-state index contributed by atoms with van der Waals surface area (Å²) >= 11 is 0. The number of aromatic nitrogens is 1. The quantitative estimate of drug-likeness (QED) is 0.866. The first-order valence-electron chi connectivity index (χ1n) is 7.80. The van der Waals surface area contributed by atoms with Crippen molar-refractivity contribution in [2.75, 3.05) is 13.1 Å². The second-order valence-electron chi connectivity index (χ2n) is 6.23. The largest absolute Gasteiger partial charge is 0.418 e. The Morgan fingerprint density at radius 2 is 1.92 bits per heavy atom. The number of hydrogen-bond donors (Lipinski definition) is 1. The van der Waals surface area contributed by atoms with E-state index < -0.39 is 23.1 Å². The highest BCUT2D eigenvalue weighted by Crippen LogP contribution is 2.33. The lowest BCUT2D eigenvalue weighted by atomic mass is 9.98. The molecule has 2 heterocycles. The minimum absolute atomic E-state index is 0.114. The zero-order valence-corrected chi connectivity index (χ0v) is 13.1. The van der Waals surface area contributed by atoms with Crippen LogP contribution < -0.4 is 5.43 Å². The predicted molar refractivity (Wildman–Crippen MR) is 83.9 cm³/mol. The molecule has 1 N–H and O–H groups in total. The van der Waals surface area contributed by atoms with Crippen molar-refractivity contribution < 1.29 is 18.0 Å². The van der Waals surface area contributed by atoms with Crippen LogP contribution in [-0.4, -0.2) is 28.9 Å². The maximum Gasteiger partial charge on any atom is 0.418 e. The van der Waals surface area contributed by atoms with Crippen LogP contribution >= 0.6 is 0 Å². The van der Waals surface area contributed by atoms with Crippen molar-refractivity contribution in [2.45, 2.75) is 25.9 Å². The molecule has 0 aliphatic carbocycles. The Hall–Kier alpha value is -2.31. The standard InChI is InChI=1S/C17H17F3N2O2/c1-10-5-7-22(8-6-10)16(24)12-9-21-14-11(15(12)23)3-2-4-13(14)17(18,19)20/h2-4,9-10H,5-8H2,1H3,(H,21,23). The van der Waals surface area contributed by atoms with Crippen molar-refractivity contribution in [3.63, 3.8) is 0 Å². The number of alkyl halides is 3. The molecule has 0 spiro atoms. The number of carbonyl (C=O) groups excluding carboxylic acids is 1. The monoisotopic (exact) mass is 338 g/mol. The number of para-hydroxylation sites is 1. The number of likely N-dealkylation sites (tertiary alicyclic amines) is 1. The van der Waals surface area contributed by atoms with E-state index in [-0.39, 0.29) is 16.5 Å². The van der Waals surface area contributed by atoms with Crippen molar-refractivity contribution in [3.05, 3.63) is 45.7 Å². The molecule has 1 aliphatic rings. The van der Waals surface area contributed by atoms with Crippen molar-refractivity contribution >= 4 is 16.8 Å². The molecule has 1 aliphatic heterocycles. The summed E-state index contributed by atoms with van der Waals surface area (Å²) in [6.07, 6.45) is -1.76. The molecular weight excluding hydrogens is 321 g/mol. The van der Waals surface area contributed by atoms with Crippen molar-refractivity contribution in [1.29, 1.82) is 0 Å². The summed E-state index contributed by atoms with van der Waals surface area (Å²) < 4.78 is 39.1. The first-order valence-corrected chi connectivity index (χ1v) is 7.80. The van der Waals surface area contributed by atoms with Crippen LogP contribution in [0.2, 0.25) is 0 Å². The lowest BCUT2D eigenvalue weighted by molar-refractivity contribution is -0.136. The highest BCUT2D eigenvalue weighted by atomic mass is 19.4. The van der Waals surface area contributed by atoms with Crippen molar-refractivity contribution in [1.82, 2.24) is 9.88 Å². The van der Waals surface area contributed by atoms with Crippen LogP contribution in [-0.2, 0) is 6.18 Å². The van der Waals surface area contributed by atoms with Gasteiger partial charge in [0.05, 0.1) is 11.1 Å². The molecular formula is C17H17F3N2O2. The summed E-state index contributed by atoms with van der Waals surface area (Å²) in [6, 6.07) is 3.39. The lowest BCUT2D eigenvalue weighted by Crippen LogP contribution is -2.40. The highest BCUT2D eigenvalue weighted by Gasteiger charge is 2.33. The SMILES string of the molecule is CC1CCN(C(=O)c2c[nH]c3c(C(F)(F)F)cccc3c2=O)CC1. The minimum Gasteiger partial charge on any atom is -0.360 e. The van der Waals surface area contributed by atoms with Gasteiger partial charge in [0.15, 0.2) is 0 Å². The average molecular weight is 338 g/mol. The van der Waals surface area contributed by atoms with E-state index in [0.717, 1.165) is 25.1 Å². The first kappa shape index (κ1) is 16.5. The van der Waals surface area contributed by atoms with Gasteiger partial charge in [0.2, 0.25) is 5.43 Å². The Labute approximate surface area is 136 Å². The van der Waals surface area contributed by atoms with Crippen LogP contribution in [0.5, 0.6) is 0 Å². The van der Waals surface area contributed by atoms with Crippen LogP contribution in [0.1, 0.15) is 35.7 Å². The molecule has 1 fully saturated rings. The van der Waals surface area contributed by atoms with E-state index in [4.69, 9.17) is 0 Å². The van der Waals surface area contributed by atoms with Gasteiger partial charge in [0, 0.05) is 24.7 Å². The van der Waals surface area contributed by atoms with Gasteiger partial charge in [-0.3, -0.25) is 9.59 Å². The molecule has 0 saturated carbocycles. The number of pyridine rings is 1. The second kappa shape index (κ2) is 5.96. The number of piperidine rings is 1. The number of amides is 1. The maximum atomic E-state index is 13.0. The van der Waals surface area contributed by atoms with E-state index in [1.54, 1.807) is 4.90 Å². The Morgan fingerprint density at radius 1 is 1.25 bits per heavy atom. The average Bonchev–Trinajstić information content (AvgIpc) is 2.54. The fourth-order valence-electron chi connectivity index (χ4n) is 3.03. The molecule has 0 unspecified atom stereocenters. The van der Waals surface area contributed by atoms with Crippen LogP contribution in [0.15, 0.2) is 29.2 Å². The summed E-state index contributed by atoms with van der Waals surface area (Å²) in [6.45, 7) is 3.21. The summed E-state index contributed by atoms with van der Waals surface area (Å²) in [7, 11) is 0. The number of carbonyl (C=O) groups is 1. The number of nitrogens with one attached hydrogen (secondary N) is 1. The van der Waals surface area contributed by atoms with Gasteiger partial charge < -0.3 is 9.88 Å². The molecule has 4 nitrogen and oxygen atoms in total. The van der Waals surface area contributed by atoms with E-state index >= 15 is 0 Å². The topological polar surface area (TPSA) is 53.2 Å². The molecule has 0 radical (unpaired) electrons. The van der Waals surface area contributed by atoms with E-state index in [9.17, 15) is 22.8 Å². The predicted octanol–water partition coefficient (Wildman–Crippen LogP) is 3.42. The molecule has 7 heteroatoms. The van der Waals surface area contributed by atoms with Gasteiger partial charge in [-0.15, -0.1) is 0 Å². The third-order valence-corrected chi connectivity index (χ3v) is 4.52. The zero-order valence-electron chi connectivity index (χ0n) is 13.1. The number of hydrogen-bond acceptors (Lipinski definition) is 2. The Morgan fingerprint density at radius 3 is 2.54 bits per heavy atom. The van der Waals surface area contributed by atoms with E-state index in [2.05, 4.69) is 11.9 Å². The van der Waals surface area contributed by atoms with E-state index in [1.165, 1.54) is 12.1 Å². The van der Waals surface area contributed by atoms with Crippen molar-refractivity contribution in [3.8, 4) is 0 Å². The molecule has 24 heavy (non-hydrogen) atoms. The number of halogens is 3. The molecule has 2 aromatic rings. The Bertz CT molecular complexity index is 834. The molecule has 0 bridgehead atoms. The zero-order chi connectivity index (χ0) is 17.5. The number of fused-ring (bicyclic) bond motifs is 1. The molecule has 1 aromatic carbocycles. The van der Waals surface area contributed by atoms with Crippen LogP contribution in [0, 0.1) is 5.92 Å². The number of rotatable bonds is 1. The second-order valence-corrected chi connectivity index (χ2v) is 6.23. The molecule has 1 aromatic heterocycles. The van der Waals surface area contributed by atoms with Crippen LogP contribution in [0.3, 0.4) is 0 Å². The van der Waals surface area contributed by atoms with Crippen LogP contribution in [0.25, 0.3) is 10.9 Å². The third kappa shape index (κ3) is 2.90. The molecule has 0 atom stereocenters. The number of aromatic amines is 1. The first-order chi connectivity index (χ1) is 11.3. The molecule has 1 saturated heterocycles. The van der Waals surface area contributed by atoms with Gasteiger partial charge in [-0.25, -0.2) is 0 Å². The van der Waals surface area contributed by atoms with Crippen molar-refractivity contribution in [2.24, 2.45) is 5.92 Å². The van der Waals surface area contributed by atoms with E-state index in [0.29, 0.717) is 19.0 Å².